The predicted molar refractivity (Wildman–Crippen MR) is 81.6 cm³/mol. The van der Waals surface area contributed by atoms with E-state index in [4.69, 9.17) is 15.2 Å². The van der Waals surface area contributed by atoms with E-state index in [1.807, 2.05) is 0 Å². The highest BCUT2D eigenvalue weighted by Crippen LogP contribution is 2.34. The van der Waals surface area contributed by atoms with Gasteiger partial charge < -0.3 is 20.5 Å². The van der Waals surface area contributed by atoms with Gasteiger partial charge in [-0.15, -0.1) is 0 Å². The van der Waals surface area contributed by atoms with Crippen LogP contribution < -0.4 is 20.5 Å². The van der Waals surface area contributed by atoms with Crippen molar-refractivity contribution in [1.82, 2.24) is 5.32 Å². The van der Waals surface area contributed by atoms with Crippen molar-refractivity contribution in [1.29, 1.82) is 0 Å². The molecule has 3 N–H and O–H groups in total. The van der Waals surface area contributed by atoms with Gasteiger partial charge in [-0.1, -0.05) is 0 Å². The molecule has 0 radical (unpaired) electrons. The SMILES string of the molecule is COc1cc2c(cc1OC)CC(NCCC(C)N)CC2. The predicted octanol–water partition coefficient (Wildman–Crippen LogP) is 1.89. The number of hydrogen-bond donors (Lipinski definition) is 2. The average Bonchev–Trinajstić information content (AvgIpc) is 2.45. The van der Waals surface area contributed by atoms with Gasteiger partial charge in [-0.3, -0.25) is 0 Å². The number of hydrogen-bond acceptors (Lipinski definition) is 4. The van der Waals surface area contributed by atoms with E-state index in [2.05, 4.69) is 24.4 Å². The van der Waals surface area contributed by atoms with Crippen molar-refractivity contribution in [2.45, 2.75) is 44.7 Å². The summed E-state index contributed by atoms with van der Waals surface area (Å²) in [7, 11) is 3.37. The second-order valence-corrected chi connectivity index (χ2v) is 5.64. The van der Waals surface area contributed by atoms with E-state index in [9.17, 15) is 0 Å². The topological polar surface area (TPSA) is 56.5 Å². The van der Waals surface area contributed by atoms with Crippen LogP contribution in [0.5, 0.6) is 11.5 Å². The van der Waals surface area contributed by atoms with Crippen molar-refractivity contribution in [2.24, 2.45) is 5.73 Å². The van der Waals surface area contributed by atoms with Gasteiger partial charge in [-0.2, -0.15) is 0 Å². The van der Waals surface area contributed by atoms with Crippen LogP contribution >= 0.6 is 0 Å². The Labute approximate surface area is 121 Å². The van der Waals surface area contributed by atoms with Crippen LogP contribution in [0, 0.1) is 0 Å². The summed E-state index contributed by atoms with van der Waals surface area (Å²) in [6.07, 6.45) is 4.33. The molecule has 0 spiro atoms. The third kappa shape index (κ3) is 3.64. The Bertz CT molecular complexity index is 446. The molecule has 2 atom stereocenters. The third-order valence-corrected chi connectivity index (χ3v) is 3.97. The molecule has 20 heavy (non-hydrogen) atoms. The molecular weight excluding hydrogens is 252 g/mol. The van der Waals surface area contributed by atoms with Crippen LogP contribution in [0.1, 0.15) is 30.9 Å². The minimum absolute atomic E-state index is 0.266. The van der Waals surface area contributed by atoms with Crippen molar-refractivity contribution in [3.8, 4) is 11.5 Å². The van der Waals surface area contributed by atoms with Crippen molar-refractivity contribution in [3.63, 3.8) is 0 Å². The fraction of sp³-hybridized carbons (Fsp3) is 0.625. The summed E-state index contributed by atoms with van der Waals surface area (Å²) in [5.74, 6) is 1.65. The monoisotopic (exact) mass is 278 g/mol. The average molecular weight is 278 g/mol. The van der Waals surface area contributed by atoms with Crippen LogP contribution in [0.25, 0.3) is 0 Å². The number of nitrogens with one attached hydrogen (secondary N) is 1. The number of fused-ring (bicyclic) bond motifs is 1. The first-order chi connectivity index (χ1) is 9.63. The Hall–Kier alpha value is -1.26. The highest BCUT2D eigenvalue weighted by atomic mass is 16.5. The minimum atomic E-state index is 0.266. The molecule has 1 aliphatic carbocycles. The molecule has 2 rings (SSSR count). The molecule has 1 aromatic carbocycles. The fourth-order valence-electron chi connectivity index (χ4n) is 2.77. The van der Waals surface area contributed by atoms with Gasteiger partial charge in [0.2, 0.25) is 0 Å². The lowest BCUT2D eigenvalue weighted by Crippen LogP contribution is -2.36. The van der Waals surface area contributed by atoms with Crippen LogP contribution in [0.15, 0.2) is 12.1 Å². The Morgan fingerprint density at radius 1 is 1.25 bits per heavy atom. The molecule has 0 saturated carbocycles. The maximum Gasteiger partial charge on any atom is 0.161 e. The van der Waals surface area contributed by atoms with Crippen molar-refractivity contribution >= 4 is 0 Å². The molecule has 2 unspecified atom stereocenters. The first-order valence-electron chi connectivity index (χ1n) is 7.36. The summed E-state index contributed by atoms with van der Waals surface area (Å²) >= 11 is 0. The normalized spacial score (nSPS) is 19.3. The number of nitrogens with two attached hydrogens (primary N) is 1. The van der Waals surface area contributed by atoms with Crippen LogP contribution in [0.2, 0.25) is 0 Å². The van der Waals surface area contributed by atoms with E-state index >= 15 is 0 Å². The summed E-state index contributed by atoms with van der Waals surface area (Å²) in [6.45, 7) is 3.04. The summed E-state index contributed by atoms with van der Waals surface area (Å²) < 4.78 is 10.8. The molecule has 1 aliphatic rings. The summed E-state index contributed by atoms with van der Waals surface area (Å²) in [5.41, 5.74) is 8.53. The third-order valence-electron chi connectivity index (χ3n) is 3.97. The van der Waals surface area contributed by atoms with Gasteiger partial charge in [-0.05, 0) is 62.4 Å². The van der Waals surface area contributed by atoms with Gasteiger partial charge >= 0.3 is 0 Å². The van der Waals surface area contributed by atoms with Crippen molar-refractivity contribution in [2.75, 3.05) is 20.8 Å². The van der Waals surface area contributed by atoms with E-state index in [0.717, 1.165) is 37.3 Å². The zero-order chi connectivity index (χ0) is 14.5. The quantitative estimate of drug-likeness (QED) is 0.834. The summed E-state index contributed by atoms with van der Waals surface area (Å²) in [6, 6.07) is 5.04. The molecular formula is C16H26N2O2. The fourth-order valence-corrected chi connectivity index (χ4v) is 2.77. The van der Waals surface area contributed by atoms with Crippen LogP contribution in [-0.4, -0.2) is 32.8 Å². The Morgan fingerprint density at radius 2 is 1.90 bits per heavy atom. The van der Waals surface area contributed by atoms with Crippen LogP contribution in [-0.2, 0) is 12.8 Å². The Kier molecular flexibility index (Phi) is 5.26. The minimum Gasteiger partial charge on any atom is -0.493 e. The van der Waals surface area contributed by atoms with Gasteiger partial charge in [0.25, 0.3) is 0 Å². The van der Waals surface area contributed by atoms with Crippen molar-refractivity contribution < 1.29 is 9.47 Å². The largest absolute Gasteiger partial charge is 0.493 e. The molecule has 0 saturated heterocycles. The molecule has 0 heterocycles. The first-order valence-corrected chi connectivity index (χ1v) is 7.36. The van der Waals surface area contributed by atoms with Gasteiger partial charge in [0.15, 0.2) is 11.5 Å². The van der Waals surface area contributed by atoms with E-state index in [-0.39, 0.29) is 6.04 Å². The van der Waals surface area contributed by atoms with E-state index in [1.54, 1.807) is 14.2 Å². The number of methoxy groups -OCH3 is 2. The smallest absolute Gasteiger partial charge is 0.161 e. The lowest BCUT2D eigenvalue weighted by Gasteiger charge is -2.27. The Balaban J connectivity index is 2.02. The number of benzene rings is 1. The second kappa shape index (κ2) is 6.95. The number of ether oxygens (including phenoxy) is 2. The van der Waals surface area contributed by atoms with E-state index in [1.165, 1.54) is 17.5 Å². The zero-order valence-corrected chi connectivity index (χ0v) is 12.7. The first kappa shape index (κ1) is 15.1. The number of aryl methyl sites for hydroxylation is 1. The summed E-state index contributed by atoms with van der Waals surface area (Å²) in [5, 5.41) is 3.61. The van der Waals surface area contributed by atoms with E-state index < -0.39 is 0 Å². The standard InChI is InChI=1S/C16H26N2O2/c1-11(17)6-7-18-14-5-4-12-9-15(19-2)16(20-3)10-13(12)8-14/h9-11,14,18H,4-8,17H2,1-3H3. The lowest BCUT2D eigenvalue weighted by molar-refractivity contribution is 0.352. The molecule has 4 nitrogen and oxygen atoms in total. The number of rotatable bonds is 6. The molecule has 0 amide bonds. The highest BCUT2D eigenvalue weighted by molar-refractivity contribution is 5.48. The van der Waals surface area contributed by atoms with Crippen molar-refractivity contribution in [3.05, 3.63) is 23.3 Å². The zero-order valence-electron chi connectivity index (χ0n) is 12.7. The lowest BCUT2D eigenvalue weighted by atomic mass is 9.87. The van der Waals surface area contributed by atoms with Gasteiger partial charge in [0, 0.05) is 12.1 Å². The van der Waals surface area contributed by atoms with Gasteiger partial charge in [0.1, 0.15) is 0 Å². The van der Waals surface area contributed by atoms with E-state index in [0.29, 0.717) is 6.04 Å². The molecule has 112 valence electrons. The molecule has 4 heteroatoms. The molecule has 1 aromatic rings. The highest BCUT2D eigenvalue weighted by Gasteiger charge is 2.20. The molecule has 0 aliphatic heterocycles. The summed E-state index contributed by atoms with van der Waals surface area (Å²) in [4.78, 5) is 0. The second-order valence-electron chi connectivity index (χ2n) is 5.64. The molecule has 0 aromatic heterocycles. The molecule has 0 fully saturated rings. The molecule has 0 bridgehead atoms. The van der Waals surface area contributed by atoms with Crippen LogP contribution in [0.3, 0.4) is 0 Å². The maximum atomic E-state index is 5.78. The van der Waals surface area contributed by atoms with Gasteiger partial charge in [0.05, 0.1) is 14.2 Å². The van der Waals surface area contributed by atoms with Gasteiger partial charge in [-0.25, -0.2) is 0 Å². The maximum absolute atomic E-state index is 5.78. The Morgan fingerprint density at radius 3 is 2.50 bits per heavy atom. The van der Waals surface area contributed by atoms with Crippen LogP contribution in [0.4, 0.5) is 0 Å².